The molecule has 0 aliphatic rings. The fraction of sp³-hybridized carbons (Fsp3) is 0.154. The van der Waals surface area contributed by atoms with Gasteiger partial charge < -0.3 is 5.11 Å². The average Bonchev–Trinajstić information content (AvgIpc) is 2.81. The van der Waals surface area contributed by atoms with Gasteiger partial charge in [0.2, 0.25) is 0 Å². The van der Waals surface area contributed by atoms with Gasteiger partial charge in [0.25, 0.3) is 0 Å². The number of carbonyl (C=O) groups is 1. The summed E-state index contributed by atoms with van der Waals surface area (Å²) in [6.07, 6.45) is 4.51. The van der Waals surface area contributed by atoms with Gasteiger partial charge in [-0.15, -0.1) is 11.3 Å². The summed E-state index contributed by atoms with van der Waals surface area (Å²) in [6, 6.07) is 3.77. The van der Waals surface area contributed by atoms with Crippen molar-refractivity contribution < 1.29 is 9.90 Å². The maximum Gasteiger partial charge on any atom is 0.328 e. The van der Waals surface area contributed by atoms with Crippen LogP contribution in [0.15, 0.2) is 34.9 Å². The maximum absolute atomic E-state index is 10.5. The van der Waals surface area contributed by atoms with Gasteiger partial charge in [0.1, 0.15) is 0 Å². The van der Waals surface area contributed by atoms with E-state index in [0.717, 1.165) is 33.1 Å². The molecular formula is C13H12N2O2S2. The number of thiophene rings is 1. The Labute approximate surface area is 119 Å². The number of hydrogen-bond donors (Lipinski definition) is 1. The number of hydrogen-bond acceptors (Lipinski definition) is 5. The van der Waals surface area contributed by atoms with Crippen LogP contribution in [0.25, 0.3) is 6.08 Å². The van der Waals surface area contributed by atoms with Gasteiger partial charge in [-0.05, 0) is 36.1 Å². The van der Waals surface area contributed by atoms with Gasteiger partial charge in [0, 0.05) is 28.6 Å². The summed E-state index contributed by atoms with van der Waals surface area (Å²) in [5, 5.41) is 11.3. The third-order valence-corrected chi connectivity index (χ3v) is 4.30. The zero-order chi connectivity index (χ0) is 13.7. The number of carboxylic acid groups (broad SMARTS) is 1. The van der Waals surface area contributed by atoms with E-state index < -0.39 is 5.97 Å². The first kappa shape index (κ1) is 13.8. The molecule has 0 aliphatic carbocycles. The lowest BCUT2D eigenvalue weighted by Gasteiger charge is -2.00. The van der Waals surface area contributed by atoms with Crippen molar-refractivity contribution in [3.8, 4) is 0 Å². The average molecular weight is 292 g/mol. The standard InChI is InChI=1S/C13H12N2O2S2/c1-9-4-6-14-13(15-9)19-8-11-10(5-7-18-11)2-3-12(16)17/h2-7H,8H2,1H3,(H,16,17). The SMILES string of the molecule is Cc1ccnc(SCc2sccc2C=CC(=O)O)n1. The third kappa shape index (κ3) is 4.18. The van der Waals surface area contributed by atoms with E-state index in [0.29, 0.717) is 0 Å². The summed E-state index contributed by atoms with van der Waals surface area (Å²) in [6.45, 7) is 1.93. The fourth-order valence-corrected chi connectivity index (χ4v) is 3.27. The minimum absolute atomic E-state index is 0.737. The molecule has 0 unspecified atom stereocenters. The van der Waals surface area contributed by atoms with Crippen molar-refractivity contribution in [1.82, 2.24) is 9.97 Å². The Balaban J connectivity index is 2.04. The van der Waals surface area contributed by atoms with Crippen molar-refractivity contribution in [2.45, 2.75) is 17.8 Å². The third-order valence-electron chi connectivity index (χ3n) is 2.29. The first-order valence-corrected chi connectivity index (χ1v) is 7.41. The molecule has 0 radical (unpaired) electrons. The highest BCUT2D eigenvalue weighted by Crippen LogP contribution is 2.26. The van der Waals surface area contributed by atoms with Crippen LogP contribution in [0.2, 0.25) is 0 Å². The van der Waals surface area contributed by atoms with Crippen LogP contribution >= 0.6 is 23.1 Å². The molecule has 0 fully saturated rings. The van der Waals surface area contributed by atoms with Gasteiger partial charge in [-0.3, -0.25) is 0 Å². The van der Waals surface area contributed by atoms with Crippen LogP contribution in [0, 0.1) is 6.92 Å². The van der Waals surface area contributed by atoms with E-state index in [-0.39, 0.29) is 0 Å². The molecule has 2 aromatic rings. The number of carboxylic acids is 1. The Hall–Kier alpha value is -1.66. The predicted octanol–water partition coefficient (Wildman–Crippen LogP) is 3.24. The van der Waals surface area contributed by atoms with Crippen molar-refractivity contribution in [2.75, 3.05) is 0 Å². The number of thioether (sulfide) groups is 1. The van der Waals surface area contributed by atoms with E-state index >= 15 is 0 Å². The zero-order valence-electron chi connectivity index (χ0n) is 10.2. The maximum atomic E-state index is 10.5. The lowest BCUT2D eigenvalue weighted by Crippen LogP contribution is -1.89. The van der Waals surface area contributed by atoms with Gasteiger partial charge in [-0.1, -0.05) is 11.8 Å². The van der Waals surface area contributed by atoms with Crippen LogP contribution in [-0.4, -0.2) is 21.0 Å². The van der Waals surface area contributed by atoms with Crippen LogP contribution in [-0.2, 0) is 10.5 Å². The lowest BCUT2D eigenvalue weighted by molar-refractivity contribution is -0.131. The number of aromatic nitrogens is 2. The van der Waals surface area contributed by atoms with E-state index in [4.69, 9.17) is 5.11 Å². The summed E-state index contributed by atoms with van der Waals surface area (Å²) < 4.78 is 0. The molecule has 4 nitrogen and oxygen atoms in total. The van der Waals surface area contributed by atoms with Crippen LogP contribution in [0.3, 0.4) is 0 Å². The lowest BCUT2D eigenvalue weighted by atomic mass is 10.2. The molecule has 98 valence electrons. The quantitative estimate of drug-likeness (QED) is 0.521. The second-order valence-electron chi connectivity index (χ2n) is 3.74. The molecule has 1 N–H and O–H groups in total. The van der Waals surface area contributed by atoms with Gasteiger partial charge in [-0.25, -0.2) is 14.8 Å². The van der Waals surface area contributed by atoms with E-state index in [2.05, 4.69) is 9.97 Å². The molecule has 0 atom stereocenters. The van der Waals surface area contributed by atoms with Crippen LogP contribution in [0.1, 0.15) is 16.1 Å². The van der Waals surface area contributed by atoms with Crippen LogP contribution in [0.4, 0.5) is 0 Å². The molecule has 2 rings (SSSR count). The topological polar surface area (TPSA) is 63.1 Å². The number of rotatable bonds is 5. The van der Waals surface area contributed by atoms with Crippen molar-refractivity contribution in [3.05, 3.63) is 45.9 Å². The molecule has 19 heavy (non-hydrogen) atoms. The summed E-state index contributed by atoms with van der Waals surface area (Å²) in [5.74, 6) is -0.202. The van der Waals surface area contributed by atoms with Gasteiger partial charge in [0.15, 0.2) is 5.16 Å². The predicted molar refractivity (Wildman–Crippen MR) is 77.3 cm³/mol. The van der Waals surface area contributed by atoms with Crippen LogP contribution in [0.5, 0.6) is 0 Å². The summed E-state index contributed by atoms with van der Waals surface area (Å²) in [7, 11) is 0. The fourth-order valence-electron chi connectivity index (χ4n) is 1.40. The highest BCUT2D eigenvalue weighted by Gasteiger charge is 2.05. The smallest absolute Gasteiger partial charge is 0.328 e. The molecule has 0 bridgehead atoms. The van der Waals surface area contributed by atoms with E-state index in [1.165, 1.54) is 0 Å². The minimum Gasteiger partial charge on any atom is -0.478 e. The summed E-state index contributed by atoms with van der Waals surface area (Å²) in [4.78, 5) is 20.1. The first-order chi connectivity index (χ1) is 9.15. The molecule has 0 spiro atoms. The molecule has 0 saturated carbocycles. The molecular weight excluding hydrogens is 280 g/mol. The van der Waals surface area contributed by atoms with E-state index in [1.54, 1.807) is 35.4 Å². The van der Waals surface area contributed by atoms with Crippen LogP contribution < -0.4 is 0 Å². The van der Waals surface area contributed by atoms with E-state index in [1.807, 2.05) is 24.4 Å². The summed E-state index contributed by atoms with van der Waals surface area (Å²) >= 11 is 3.15. The van der Waals surface area contributed by atoms with Crippen molar-refractivity contribution in [2.24, 2.45) is 0 Å². The van der Waals surface area contributed by atoms with Crippen molar-refractivity contribution >= 4 is 35.1 Å². The van der Waals surface area contributed by atoms with Gasteiger partial charge >= 0.3 is 5.97 Å². The number of aryl methyl sites for hydroxylation is 1. The van der Waals surface area contributed by atoms with Crippen molar-refractivity contribution in [1.29, 1.82) is 0 Å². The Morgan fingerprint density at radius 1 is 1.53 bits per heavy atom. The first-order valence-electron chi connectivity index (χ1n) is 5.55. The van der Waals surface area contributed by atoms with Gasteiger partial charge in [0.05, 0.1) is 0 Å². The van der Waals surface area contributed by atoms with Crippen molar-refractivity contribution in [3.63, 3.8) is 0 Å². The highest BCUT2D eigenvalue weighted by atomic mass is 32.2. The minimum atomic E-state index is -0.938. The Morgan fingerprint density at radius 2 is 2.37 bits per heavy atom. The summed E-state index contributed by atoms with van der Waals surface area (Å²) in [5.41, 5.74) is 1.88. The molecule has 2 aromatic heterocycles. The number of nitrogens with zero attached hydrogens (tertiary/aromatic N) is 2. The normalized spacial score (nSPS) is 11.0. The largest absolute Gasteiger partial charge is 0.478 e. The Bertz CT molecular complexity index is 608. The monoisotopic (exact) mass is 292 g/mol. The van der Waals surface area contributed by atoms with Gasteiger partial charge in [-0.2, -0.15) is 0 Å². The number of aliphatic carboxylic acids is 1. The molecule has 2 heterocycles. The molecule has 0 aliphatic heterocycles. The van der Waals surface area contributed by atoms with E-state index in [9.17, 15) is 4.79 Å². The molecule has 0 aromatic carbocycles. The molecule has 0 saturated heterocycles. The molecule has 0 amide bonds. The zero-order valence-corrected chi connectivity index (χ0v) is 11.9. The second-order valence-corrected chi connectivity index (χ2v) is 5.68. The molecule has 6 heteroatoms. The second kappa shape index (κ2) is 6.49. The highest BCUT2D eigenvalue weighted by molar-refractivity contribution is 7.98. The Morgan fingerprint density at radius 3 is 3.11 bits per heavy atom. The Kier molecular flexibility index (Phi) is 4.70.